The number of nitrogens with zero attached hydrogens (tertiary/aromatic N) is 2. The summed E-state index contributed by atoms with van der Waals surface area (Å²) in [5.41, 5.74) is -0.118. The van der Waals surface area contributed by atoms with E-state index in [9.17, 15) is 32.8 Å². The number of quaternary nitrogens is 2. The average molecular weight is 730 g/mol. The van der Waals surface area contributed by atoms with Crippen LogP contribution in [-0.2, 0) is 39.7 Å². The molecule has 2 aromatic carbocycles. The van der Waals surface area contributed by atoms with E-state index in [4.69, 9.17) is 23.5 Å². The molecule has 2 aliphatic rings. The molecular formula is C31H48N5O11PS. The number of phosphoric ester groups is 1. The summed E-state index contributed by atoms with van der Waals surface area (Å²) in [7, 11) is -8.65. The number of methoxy groups -OCH3 is 1. The van der Waals surface area contributed by atoms with E-state index in [0.717, 1.165) is 4.31 Å². The summed E-state index contributed by atoms with van der Waals surface area (Å²) in [6.07, 6.45) is -2.67. The molecule has 0 saturated carbocycles. The SMILES string of the molecule is COc1ccc(S(=O)(=O)N(C[C@@H](OP(=O)([O-])[O-])[C@H](Cc2ccccc2)NC(=O)O[C@H]2CO[C@H]3OCC[C@H]32)CC(C)(C)CCC#N)cc1.[NH4+].[NH4+]. The first-order chi connectivity index (χ1) is 22.2. The zero-order valence-electron chi connectivity index (χ0n) is 28.5. The zero-order valence-corrected chi connectivity index (χ0v) is 30.2. The van der Waals surface area contributed by atoms with Crippen molar-refractivity contribution in [3.63, 3.8) is 0 Å². The van der Waals surface area contributed by atoms with Gasteiger partial charge in [-0.05, 0) is 54.5 Å². The van der Waals surface area contributed by atoms with Gasteiger partial charge in [0.05, 0.1) is 57.2 Å². The van der Waals surface area contributed by atoms with Gasteiger partial charge in [0.25, 0.3) is 0 Å². The highest BCUT2D eigenvalue weighted by molar-refractivity contribution is 7.89. The number of benzene rings is 2. The summed E-state index contributed by atoms with van der Waals surface area (Å²) in [6.45, 7) is 3.29. The van der Waals surface area contributed by atoms with Gasteiger partial charge in [-0.3, -0.25) is 0 Å². The van der Waals surface area contributed by atoms with Crippen LogP contribution in [0.15, 0.2) is 59.5 Å². The quantitative estimate of drug-likeness (QED) is 0.210. The highest BCUT2D eigenvalue weighted by Crippen LogP contribution is 2.35. The molecule has 2 aromatic rings. The van der Waals surface area contributed by atoms with Gasteiger partial charge in [-0.2, -0.15) is 9.57 Å². The number of amides is 1. The molecule has 5 atom stereocenters. The molecule has 0 unspecified atom stereocenters. The molecule has 49 heavy (non-hydrogen) atoms. The smallest absolute Gasteiger partial charge is 0.407 e. The number of alkyl carbamates (subject to hydrolysis) is 1. The lowest BCUT2D eigenvalue weighted by Crippen LogP contribution is -2.53. The van der Waals surface area contributed by atoms with Crippen molar-refractivity contribution < 1.29 is 51.0 Å². The summed E-state index contributed by atoms with van der Waals surface area (Å²) in [6, 6.07) is 15.1. The minimum atomic E-state index is -5.74. The predicted octanol–water partition coefficient (Wildman–Crippen LogP) is 3.08. The Morgan fingerprint density at radius 1 is 1.14 bits per heavy atom. The fourth-order valence-electron chi connectivity index (χ4n) is 5.71. The molecule has 0 aliphatic carbocycles. The Morgan fingerprint density at radius 2 is 1.82 bits per heavy atom. The van der Waals surface area contributed by atoms with Crippen LogP contribution in [0.1, 0.15) is 38.7 Å². The summed E-state index contributed by atoms with van der Waals surface area (Å²) >= 11 is 0. The summed E-state index contributed by atoms with van der Waals surface area (Å²) in [5.74, 6) is 0.239. The van der Waals surface area contributed by atoms with E-state index in [1.54, 1.807) is 44.2 Å². The Labute approximate surface area is 287 Å². The normalized spacial score (nSPS) is 20.2. The van der Waals surface area contributed by atoms with Gasteiger partial charge in [-0.25, -0.2) is 13.2 Å². The van der Waals surface area contributed by atoms with Crippen LogP contribution in [0.5, 0.6) is 5.75 Å². The molecule has 2 saturated heterocycles. The third kappa shape index (κ3) is 12.0. The van der Waals surface area contributed by atoms with Crippen molar-refractivity contribution in [2.75, 3.05) is 33.4 Å². The Morgan fingerprint density at radius 3 is 2.43 bits per heavy atom. The minimum Gasteiger partial charge on any atom is -0.790 e. The highest BCUT2D eigenvalue weighted by atomic mass is 32.2. The number of hydrogen-bond acceptors (Lipinski definition) is 12. The van der Waals surface area contributed by atoms with Crippen molar-refractivity contribution in [1.82, 2.24) is 21.9 Å². The first-order valence-corrected chi connectivity index (χ1v) is 18.1. The summed E-state index contributed by atoms with van der Waals surface area (Å²) in [5, 5.41) is 11.8. The van der Waals surface area contributed by atoms with Crippen molar-refractivity contribution in [1.29, 1.82) is 5.26 Å². The standard InChI is InChI=1S/C31H42N3O11PS.2H3N/c1-31(2,15-7-16-32)21-34(47(39,40)24-12-10-23(41-3)11-13-24)19-27(45-46(36,37)38)26(18-22-8-5-4-6-9-22)33-30(35)44-28-20-43-29-25(28)14-17-42-29;;/h4-6,8-13,25-29H,7,14-15,17-21H2,1-3H3,(H,33,35)(H2,36,37,38);2*1H3/t25-,26-,27+,28-,29+;;/m0../s1. The van der Waals surface area contributed by atoms with Gasteiger partial charge < -0.3 is 55.4 Å². The van der Waals surface area contributed by atoms with Crippen molar-refractivity contribution in [3.05, 3.63) is 60.2 Å². The van der Waals surface area contributed by atoms with Gasteiger partial charge in [0, 0.05) is 19.5 Å². The van der Waals surface area contributed by atoms with Gasteiger partial charge in [-0.15, -0.1) is 0 Å². The van der Waals surface area contributed by atoms with Crippen molar-refractivity contribution >= 4 is 23.9 Å². The van der Waals surface area contributed by atoms with Crippen LogP contribution in [0.3, 0.4) is 0 Å². The minimum absolute atomic E-state index is 0. The van der Waals surface area contributed by atoms with Crippen molar-refractivity contribution in [3.8, 4) is 11.8 Å². The molecule has 0 bridgehead atoms. The molecule has 0 radical (unpaired) electrons. The fraction of sp³-hybridized carbons (Fsp3) is 0.548. The summed E-state index contributed by atoms with van der Waals surface area (Å²) in [4.78, 5) is 37.4. The number of phosphoric acid groups is 1. The Balaban J connectivity index is 0.00000417. The van der Waals surface area contributed by atoms with Crippen molar-refractivity contribution in [2.45, 2.75) is 69.0 Å². The first-order valence-electron chi connectivity index (χ1n) is 15.2. The van der Waals surface area contributed by atoms with E-state index < -0.39 is 60.4 Å². The number of ether oxygens (including phenoxy) is 4. The van der Waals surface area contributed by atoms with Gasteiger partial charge in [0.15, 0.2) is 6.29 Å². The van der Waals surface area contributed by atoms with Crippen LogP contribution in [-0.4, -0.2) is 76.8 Å². The second kappa shape index (κ2) is 18.2. The summed E-state index contributed by atoms with van der Waals surface area (Å²) < 4.78 is 68.3. The number of carbonyl (C=O) groups excluding carboxylic acids is 1. The number of nitrogens with one attached hydrogen (secondary N) is 1. The number of fused-ring (bicyclic) bond motifs is 1. The van der Waals surface area contributed by atoms with E-state index in [-0.39, 0.29) is 49.1 Å². The van der Waals surface area contributed by atoms with Crippen LogP contribution in [0.25, 0.3) is 0 Å². The third-order valence-corrected chi connectivity index (χ3v) is 10.5. The second-order valence-corrected chi connectivity index (χ2v) is 15.3. The molecule has 18 heteroatoms. The van der Waals surface area contributed by atoms with Crippen molar-refractivity contribution in [2.24, 2.45) is 11.3 Å². The van der Waals surface area contributed by atoms with E-state index in [1.165, 1.54) is 31.4 Å². The van der Waals surface area contributed by atoms with Crippen LogP contribution in [0.4, 0.5) is 4.79 Å². The third-order valence-electron chi connectivity index (χ3n) is 8.16. The molecule has 2 fully saturated rings. The van der Waals surface area contributed by atoms with Gasteiger partial charge in [-0.1, -0.05) is 44.2 Å². The van der Waals surface area contributed by atoms with Gasteiger partial charge in [0.2, 0.25) is 10.0 Å². The lowest BCUT2D eigenvalue weighted by Gasteiger charge is -2.40. The molecule has 0 spiro atoms. The zero-order chi connectivity index (χ0) is 34.2. The van der Waals surface area contributed by atoms with Crippen LogP contribution in [0, 0.1) is 22.7 Å². The molecular weight excluding hydrogens is 681 g/mol. The van der Waals surface area contributed by atoms with Crippen LogP contribution < -0.4 is 32.1 Å². The number of carbonyl (C=O) groups is 1. The van der Waals surface area contributed by atoms with E-state index in [2.05, 4.69) is 11.4 Å². The largest absolute Gasteiger partial charge is 0.790 e. The Bertz CT molecular complexity index is 1540. The van der Waals surface area contributed by atoms with E-state index in [0.29, 0.717) is 30.8 Å². The maximum atomic E-state index is 14.1. The Kier molecular flexibility index (Phi) is 15.6. The fourth-order valence-corrected chi connectivity index (χ4v) is 7.90. The lowest BCUT2D eigenvalue weighted by atomic mass is 9.88. The maximum Gasteiger partial charge on any atom is 0.407 e. The molecule has 1 amide bonds. The number of sulfonamides is 1. The van der Waals surface area contributed by atoms with E-state index in [1.807, 2.05) is 0 Å². The molecule has 2 heterocycles. The number of nitriles is 1. The van der Waals surface area contributed by atoms with E-state index >= 15 is 0 Å². The molecule has 0 aromatic heterocycles. The molecule has 4 rings (SSSR count). The van der Waals surface area contributed by atoms with Crippen LogP contribution >= 0.6 is 7.82 Å². The lowest BCUT2D eigenvalue weighted by molar-refractivity contribution is -0.345. The first kappa shape index (κ1) is 42.0. The number of hydrogen-bond donors (Lipinski definition) is 3. The molecule has 2 aliphatic heterocycles. The van der Waals surface area contributed by atoms with Gasteiger partial charge >= 0.3 is 6.09 Å². The molecule has 16 nitrogen and oxygen atoms in total. The average Bonchev–Trinajstić information content (AvgIpc) is 3.64. The highest BCUT2D eigenvalue weighted by Gasteiger charge is 2.44. The number of rotatable bonds is 16. The topological polar surface area (TPSA) is 273 Å². The van der Waals surface area contributed by atoms with Gasteiger partial charge in [0.1, 0.15) is 11.9 Å². The van der Waals surface area contributed by atoms with Crippen LogP contribution in [0.2, 0.25) is 0 Å². The maximum absolute atomic E-state index is 14.1. The second-order valence-electron chi connectivity index (χ2n) is 12.3. The monoisotopic (exact) mass is 729 g/mol. The molecule has 274 valence electrons. The predicted molar refractivity (Wildman–Crippen MR) is 176 cm³/mol. The molecule has 9 N–H and O–H groups in total. The Hall–Kier alpha value is -3.14.